The summed E-state index contributed by atoms with van der Waals surface area (Å²) < 4.78 is 1.33. The van der Waals surface area contributed by atoms with Crippen LogP contribution < -0.4 is 11.2 Å². The highest BCUT2D eigenvalue weighted by Gasteiger charge is 2.14. The number of carbonyl (C=O) groups excluding carboxylic acids is 1. The van der Waals surface area contributed by atoms with Gasteiger partial charge >= 0.3 is 0 Å². The van der Waals surface area contributed by atoms with Gasteiger partial charge in [0.25, 0.3) is 5.69 Å². The summed E-state index contributed by atoms with van der Waals surface area (Å²) in [5.41, 5.74) is 1.26. The zero-order chi connectivity index (χ0) is 18.5. The van der Waals surface area contributed by atoms with E-state index in [1.54, 1.807) is 0 Å². The van der Waals surface area contributed by atoms with Crippen LogP contribution in [0.15, 0.2) is 59.8 Å². The number of amides is 1. The molecule has 9 nitrogen and oxygen atoms in total. The van der Waals surface area contributed by atoms with Crippen LogP contribution in [0.1, 0.15) is 0 Å². The summed E-state index contributed by atoms with van der Waals surface area (Å²) in [6, 6.07) is 14.9. The molecule has 0 saturated carbocycles. The topological polar surface area (TPSA) is 129 Å². The van der Waals surface area contributed by atoms with Gasteiger partial charge in [0.1, 0.15) is 0 Å². The highest BCUT2D eigenvalue weighted by Crippen LogP contribution is 2.21. The number of carbonyl (C=O) groups is 1. The van der Waals surface area contributed by atoms with Crippen molar-refractivity contribution in [2.45, 2.75) is 5.16 Å². The minimum Gasteiger partial charge on any atom is -0.335 e. The van der Waals surface area contributed by atoms with E-state index in [1.165, 1.54) is 28.9 Å². The van der Waals surface area contributed by atoms with Gasteiger partial charge in [-0.05, 0) is 12.1 Å². The van der Waals surface area contributed by atoms with Crippen LogP contribution in [0.4, 0.5) is 11.4 Å². The van der Waals surface area contributed by atoms with E-state index in [1.807, 2.05) is 30.3 Å². The van der Waals surface area contributed by atoms with Crippen LogP contribution in [0.2, 0.25) is 0 Å². The van der Waals surface area contributed by atoms with Crippen LogP contribution >= 0.6 is 11.8 Å². The fourth-order valence-corrected chi connectivity index (χ4v) is 2.81. The van der Waals surface area contributed by atoms with Crippen molar-refractivity contribution >= 4 is 29.0 Å². The Balaban J connectivity index is 1.60. The Kier molecular flexibility index (Phi) is 5.13. The lowest BCUT2D eigenvalue weighted by atomic mass is 10.2. The predicted octanol–water partition coefficient (Wildman–Crippen LogP) is 2.30. The van der Waals surface area contributed by atoms with Crippen LogP contribution in [0.5, 0.6) is 0 Å². The maximum Gasteiger partial charge on any atom is 0.269 e. The summed E-state index contributed by atoms with van der Waals surface area (Å²) in [4.78, 5) is 22.1. The van der Waals surface area contributed by atoms with E-state index < -0.39 is 4.92 Å². The molecule has 0 bridgehead atoms. The van der Waals surface area contributed by atoms with Crippen molar-refractivity contribution in [1.29, 1.82) is 0 Å². The zero-order valence-electron chi connectivity index (χ0n) is 13.4. The fraction of sp³-hybridized carbons (Fsp3) is 0.0625. The van der Waals surface area contributed by atoms with E-state index in [9.17, 15) is 14.9 Å². The number of hydrogen-bond acceptors (Lipinski definition) is 7. The van der Waals surface area contributed by atoms with Crippen LogP contribution in [0.3, 0.4) is 0 Å². The number of nitro groups is 1. The summed E-state index contributed by atoms with van der Waals surface area (Å²) in [6.07, 6.45) is 0. The van der Waals surface area contributed by atoms with E-state index >= 15 is 0 Å². The first-order valence-electron chi connectivity index (χ1n) is 7.47. The molecular formula is C16H14N6O3S. The van der Waals surface area contributed by atoms with E-state index in [0.717, 1.165) is 17.3 Å². The summed E-state index contributed by atoms with van der Waals surface area (Å²) >= 11 is 1.14. The first-order chi connectivity index (χ1) is 12.5. The Morgan fingerprint density at radius 1 is 1.15 bits per heavy atom. The largest absolute Gasteiger partial charge is 0.335 e. The Bertz CT molecular complexity index is 927. The van der Waals surface area contributed by atoms with Crippen molar-refractivity contribution in [3.63, 3.8) is 0 Å². The van der Waals surface area contributed by atoms with Gasteiger partial charge in [-0.25, -0.2) is 4.68 Å². The number of aromatic nitrogens is 3. The van der Waals surface area contributed by atoms with Gasteiger partial charge in [-0.3, -0.25) is 14.9 Å². The predicted molar refractivity (Wildman–Crippen MR) is 98.1 cm³/mol. The normalized spacial score (nSPS) is 10.5. The van der Waals surface area contributed by atoms with Crippen LogP contribution in [-0.2, 0) is 4.79 Å². The monoisotopic (exact) mass is 370 g/mol. The third kappa shape index (κ3) is 3.98. The molecule has 3 rings (SSSR count). The quantitative estimate of drug-likeness (QED) is 0.295. The van der Waals surface area contributed by atoms with Crippen molar-refractivity contribution in [1.82, 2.24) is 14.9 Å². The molecule has 0 atom stereocenters. The highest BCUT2D eigenvalue weighted by molar-refractivity contribution is 7.99. The van der Waals surface area contributed by atoms with E-state index in [0.29, 0.717) is 16.7 Å². The Morgan fingerprint density at radius 2 is 1.85 bits per heavy atom. The average molecular weight is 370 g/mol. The lowest BCUT2D eigenvalue weighted by Crippen LogP contribution is -2.16. The summed E-state index contributed by atoms with van der Waals surface area (Å²) in [7, 11) is 0. The second kappa shape index (κ2) is 7.66. The Labute approximate surface area is 152 Å². The Morgan fingerprint density at radius 3 is 2.50 bits per heavy atom. The number of nitrogens with one attached hydrogen (secondary N) is 1. The van der Waals surface area contributed by atoms with Crippen molar-refractivity contribution in [3.05, 3.63) is 64.7 Å². The number of hydrogen-bond donors (Lipinski definition) is 2. The number of benzene rings is 2. The van der Waals surface area contributed by atoms with Crippen molar-refractivity contribution < 1.29 is 9.72 Å². The molecule has 1 aromatic heterocycles. The molecule has 0 aliphatic rings. The molecule has 26 heavy (non-hydrogen) atoms. The van der Waals surface area contributed by atoms with Gasteiger partial charge in [0, 0.05) is 23.4 Å². The van der Waals surface area contributed by atoms with Gasteiger partial charge in [0.2, 0.25) is 11.1 Å². The molecule has 132 valence electrons. The molecule has 3 aromatic rings. The average Bonchev–Trinajstić information content (AvgIpc) is 3.02. The van der Waals surface area contributed by atoms with E-state index in [2.05, 4.69) is 15.5 Å². The molecule has 10 heteroatoms. The first-order valence-corrected chi connectivity index (χ1v) is 8.46. The van der Waals surface area contributed by atoms with Gasteiger partial charge in [-0.2, -0.15) is 0 Å². The van der Waals surface area contributed by atoms with Gasteiger partial charge in [-0.15, -0.1) is 10.2 Å². The highest BCUT2D eigenvalue weighted by atomic mass is 32.2. The van der Waals surface area contributed by atoms with Gasteiger partial charge < -0.3 is 11.2 Å². The van der Waals surface area contributed by atoms with Crippen molar-refractivity contribution in [2.24, 2.45) is 0 Å². The SMILES string of the molecule is Nn1c(SCC(=O)Nc2ccc([N+](=O)[O-])cc2)nnc1-c1ccccc1. The number of nitro benzene ring substituents is 1. The number of nitrogen functional groups attached to an aromatic ring is 1. The molecule has 0 saturated heterocycles. The summed E-state index contributed by atoms with van der Waals surface area (Å²) in [5, 5.41) is 21.7. The zero-order valence-corrected chi connectivity index (χ0v) is 14.2. The number of nitrogens with two attached hydrogens (primary N) is 1. The lowest BCUT2D eigenvalue weighted by Gasteiger charge is -2.05. The van der Waals surface area contributed by atoms with Gasteiger partial charge in [-0.1, -0.05) is 42.1 Å². The standard InChI is InChI=1S/C16H14N6O3S/c17-21-15(11-4-2-1-3-5-11)19-20-16(21)26-10-14(23)18-12-6-8-13(9-7-12)22(24)25/h1-9H,10,17H2,(H,18,23). The van der Waals surface area contributed by atoms with Crippen molar-refractivity contribution in [2.75, 3.05) is 16.9 Å². The number of non-ortho nitro benzene ring substituents is 1. The number of rotatable bonds is 6. The molecule has 1 heterocycles. The number of nitrogens with zero attached hydrogens (tertiary/aromatic N) is 4. The number of anilines is 1. The van der Waals surface area contributed by atoms with Gasteiger partial charge in [0.15, 0.2) is 5.82 Å². The molecule has 2 aromatic carbocycles. The van der Waals surface area contributed by atoms with E-state index in [4.69, 9.17) is 5.84 Å². The molecular weight excluding hydrogens is 356 g/mol. The van der Waals surface area contributed by atoms with Crippen molar-refractivity contribution in [3.8, 4) is 11.4 Å². The minimum absolute atomic E-state index is 0.0398. The maximum atomic E-state index is 12.0. The molecule has 0 fully saturated rings. The summed E-state index contributed by atoms with van der Waals surface area (Å²) in [5.74, 6) is 6.28. The van der Waals surface area contributed by atoms with E-state index in [-0.39, 0.29) is 17.3 Å². The second-order valence-electron chi connectivity index (χ2n) is 5.18. The molecule has 1 amide bonds. The first kappa shape index (κ1) is 17.4. The minimum atomic E-state index is -0.500. The molecule has 0 unspecified atom stereocenters. The van der Waals surface area contributed by atoms with Crippen LogP contribution in [0.25, 0.3) is 11.4 Å². The molecule has 0 aliphatic carbocycles. The summed E-state index contributed by atoms with van der Waals surface area (Å²) in [6.45, 7) is 0. The molecule has 3 N–H and O–H groups in total. The molecule has 0 spiro atoms. The third-order valence-corrected chi connectivity index (χ3v) is 4.33. The molecule has 0 radical (unpaired) electrons. The third-order valence-electron chi connectivity index (χ3n) is 3.39. The fourth-order valence-electron chi connectivity index (χ4n) is 2.15. The van der Waals surface area contributed by atoms with Gasteiger partial charge in [0.05, 0.1) is 10.7 Å². The van der Waals surface area contributed by atoms with Crippen LogP contribution in [0, 0.1) is 10.1 Å². The van der Waals surface area contributed by atoms with Crippen LogP contribution in [-0.4, -0.2) is 31.5 Å². The number of thioether (sulfide) groups is 1. The second-order valence-corrected chi connectivity index (χ2v) is 6.13. The molecule has 0 aliphatic heterocycles. The maximum absolute atomic E-state index is 12.0. The Hall–Kier alpha value is -3.40. The smallest absolute Gasteiger partial charge is 0.269 e. The lowest BCUT2D eigenvalue weighted by molar-refractivity contribution is -0.384.